The van der Waals surface area contributed by atoms with Crippen molar-refractivity contribution in [2.75, 3.05) is 13.7 Å². The van der Waals surface area contributed by atoms with E-state index in [1.807, 2.05) is 12.1 Å². The molecular formula is C20H18ClFN2O3. The second kappa shape index (κ2) is 7.21. The standard InChI is InChI=1S/C20H18ClFN2O3/c1-26-17-7-6-14(22)18-13(17)10-16(23-18)20(25)24-15-8-9-27-19(15)11-2-4-12(21)5-3-11/h2-7,10,15,19,23H,8-9H2,1H3,(H,24,25). The van der Waals surface area contributed by atoms with Gasteiger partial charge >= 0.3 is 0 Å². The van der Waals surface area contributed by atoms with Crippen molar-refractivity contribution in [1.82, 2.24) is 10.3 Å². The van der Waals surface area contributed by atoms with Gasteiger partial charge < -0.3 is 19.8 Å². The van der Waals surface area contributed by atoms with Crippen molar-refractivity contribution in [2.24, 2.45) is 0 Å². The molecule has 1 aliphatic rings. The first-order valence-corrected chi connectivity index (χ1v) is 8.98. The summed E-state index contributed by atoms with van der Waals surface area (Å²) >= 11 is 5.94. The second-order valence-electron chi connectivity index (χ2n) is 6.43. The van der Waals surface area contributed by atoms with Crippen LogP contribution in [0.3, 0.4) is 0 Å². The summed E-state index contributed by atoms with van der Waals surface area (Å²) in [6.45, 7) is 0.549. The highest BCUT2D eigenvalue weighted by molar-refractivity contribution is 6.30. The summed E-state index contributed by atoms with van der Waals surface area (Å²) in [7, 11) is 1.51. The molecule has 1 aliphatic heterocycles. The van der Waals surface area contributed by atoms with Gasteiger partial charge in [0.2, 0.25) is 0 Å². The molecule has 2 atom stereocenters. The number of fused-ring (bicyclic) bond motifs is 1. The maximum Gasteiger partial charge on any atom is 0.268 e. The predicted molar refractivity (Wildman–Crippen MR) is 101 cm³/mol. The molecule has 2 aromatic carbocycles. The number of hydrogen-bond donors (Lipinski definition) is 2. The van der Waals surface area contributed by atoms with Crippen molar-refractivity contribution in [2.45, 2.75) is 18.6 Å². The van der Waals surface area contributed by atoms with E-state index in [2.05, 4.69) is 10.3 Å². The van der Waals surface area contributed by atoms with Crippen LogP contribution in [0.15, 0.2) is 42.5 Å². The Morgan fingerprint density at radius 2 is 2.07 bits per heavy atom. The molecule has 140 valence electrons. The van der Waals surface area contributed by atoms with E-state index in [0.29, 0.717) is 29.2 Å². The molecule has 0 saturated carbocycles. The molecule has 1 fully saturated rings. The molecule has 1 aromatic heterocycles. The Bertz CT molecular complexity index is 987. The first-order valence-electron chi connectivity index (χ1n) is 8.60. The third-order valence-electron chi connectivity index (χ3n) is 4.77. The normalized spacial score (nSPS) is 19.4. The lowest BCUT2D eigenvalue weighted by molar-refractivity contribution is 0.0818. The second-order valence-corrected chi connectivity index (χ2v) is 6.87. The Balaban J connectivity index is 1.57. The monoisotopic (exact) mass is 388 g/mol. The Morgan fingerprint density at radius 1 is 1.30 bits per heavy atom. The van der Waals surface area contributed by atoms with Gasteiger partial charge in [0.05, 0.1) is 18.7 Å². The van der Waals surface area contributed by atoms with Crippen LogP contribution in [0.2, 0.25) is 5.02 Å². The summed E-state index contributed by atoms with van der Waals surface area (Å²) in [5.41, 5.74) is 1.47. The molecule has 2 unspecified atom stereocenters. The van der Waals surface area contributed by atoms with Crippen LogP contribution in [-0.4, -0.2) is 30.6 Å². The van der Waals surface area contributed by atoms with Gasteiger partial charge in [-0.3, -0.25) is 4.79 Å². The zero-order valence-electron chi connectivity index (χ0n) is 14.6. The quantitative estimate of drug-likeness (QED) is 0.703. The molecule has 4 rings (SSSR count). The number of methoxy groups -OCH3 is 1. The molecule has 3 aromatic rings. The summed E-state index contributed by atoms with van der Waals surface area (Å²) in [4.78, 5) is 15.6. The smallest absolute Gasteiger partial charge is 0.268 e. The predicted octanol–water partition coefficient (Wildman–Crippen LogP) is 4.23. The minimum Gasteiger partial charge on any atom is -0.496 e. The molecular weight excluding hydrogens is 371 g/mol. The van der Waals surface area contributed by atoms with E-state index in [1.165, 1.54) is 19.2 Å². The maximum atomic E-state index is 14.1. The van der Waals surface area contributed by atoms with Crippen LogP contribution < -0.4 is 10.1 Å². The fourth-order valence-electron chi connectivity index (χ4n) is 3.42. The first kappa shape index (κ1) is 17.8. The molecule has 0 aliphatic carbocycles. The lowest BCUT2D eigenvalue weighted by Crippen LogP contribution is -2.37. The van der Waals surface area contributed by atoms with Gasteiger partial charge in [-0.2, -0.15) is 0 Å². The van der Waals surface area contributed by atoms with Crippen molar-refractivity contribution >= 4 is 28.4 Å². The van der Waals surface area contributed by atoms with Crippen molar-refractivity contribution < 1.29 is 18.7 Å². The number of carbonyl (C=O) groups excluding carboxylic acids is 1. The number of amides is 1. The van der Waals surface area contributed by atoms with E-state index in [4.69, 9.17) is 21.1 Å². The number of hydrogen-bond acceptors (Lipinski definition) is 3. The van der Waals surface area contributed by atoms with Gasteiger partial charge in [0.15, 0.2) is 0 Å². The third-order valence-corrected chi connectivity index (χ3v) is 5.03. The van der Waals surface area contributed by atoms with Crippen molar-refractivity contribution in [3.8, 4) is 5.75 Å². The SMILES string of the molecule is COc1ccc(F)c2[nH]c(C(=O)NC3CCOC3c3ccc(Cl)cc3)cc12. The molecule has 2 N–H and O–H groups in total. The fraction of sp³-hybridized carbons (Fsp3) is 0.250. The highest BCUT2D eigenvalue weighted by Crippen LogP contribution is 2.31. The van der Waals surface area contributed by atoms with Crippen molar-refractivity contribution in [3.05, 3.63) is 64.6 Å². The Kier molecular flexibility index (Phi) is 4.76. The minimum absolute atomic E-state index is 0.183. The Hall–Kier alpha value is -2.57. The molecule has 5 nitrogen and oxygen atoms in total. The number of H-pyrrole nitrogens is 1. The van der Waals surface area contributed by atoms with Crippen LogP contribution >= 0.6 is 11.6 Å². The topological polar surface area (TPSA) is 63.4 Å². The van der Waals surface area contributed by atoms with E-state index in [9.17, 15) is 9.18 Å². The van der Waals surface area contributed by atoms with E-state index in [1.54, 1.807) is 18.2 Å². The summed E-state index contributed by atoms with van der Waals surface area (Å²) in [6, 6.07) is 11.6. The third kappa shape index (κ3) is 3.38. The number of nitrogens with one attached hydrogen (secondary N) is 2. The molecule has 2 heterocycles. The fourth-order valence-corrected chi connectivity index (χ4v) is 3.55. The zero-order valence-corrected chi connectivity index (χ0v) is 15.3. The number of carbonyl (C=O) groups is 1. The van der Waals surface area contributed by atoms with Gasteiger partial charge in [0.1, 0.15) is 23.4 Å². The number of halogens is 2. The van der Waals surface area contributed by atoms with Crippen LogP contribution in [-0.2, 0) is 4.74 Å². The maximum absolute atomic E-state index is 14.1. The molecule has 0 bridgehead atoms. The zero-order chi connectivity index (χ0) is 19.0. The average Bonchev–Trinajstić information content (AvgIpc) is 3.31. The van der Waals surface area contributed by atoms with Crippen LogP contribution in [0.1, 0.15) is 28.6 Å². The molecule has 1 amide bonds. The van der Waals surface area contributed by atoms with Gasteiger partial charge in [-0.1, -0.05) is 23.7 Å². The summed E-state index contributed by atoms with van der Waals surface area (Å²) in [5.74, 6) is -0.250. The summed E-state index contributed by atoms with van der Waals surface area (Å²) in [5, 5.41) is 4.16. The first-order chi connectivity index (χ1) is 13.1. The summed E-state index contributed by atoms with van der Waals surface area (Å²) < 4.78 is 25.1. The number of benzene rings is 2. The van der Waals surface area contributed by atoms with Crippen LogP contribution in [0.25, 0.3) is 10.9 Å². The van der Waals surface area contributed by atoms with E-state index in [-0.39, 0.29) is 29.3 Å². The van der Waals surface area contributed by atoms with Crippen LogP contribution in [0.4, 0.5) is 4.39 Å². The lowest BCUT2D eigenvalue weighted by Gasteiger charge is -2.20. The molecule has 7 heteroatoms. The van der Waals surface area contributed by atoms with Crippen LogP contribution in [0, 0.1) is 5.82 Å². The van der Waals surface area contributed by atoms with Gasteiger partial charge in [0.25, 0.3) is 5.91 Å². The van der Waals surface area contributed by atoms with E-state index in [0.717, 1.165) is 5.56 Å². The molecule has 27 heavy (non-hydrogen) atoms. The van der Waals surface area contributed by atoms with Crippen molar-refractivity contribution in [3.63, 3.8) is 0 Å². The molecule has 0 radical (unpaired) electrons. The van der Waals surface area contributed by atoms with Gasteiger partial charge in [-0.05, 0) is 42.3 Å². The van der Waals surface area contributed by atoms with Gasteiger partial charge in [-0.15, -0.1) is 0 Å². The highest BCUT2D eigenvalue weighted by Gasteiger charge is 2.31. The molecule has 1 saturated heterocycles. The molecule has 0 spiro atoms. The van der Waals surface area contributed by atoms with E-state index >= 15 is 0 Å². The van der Waals surface area contributed by atoms with Crippen LogP contribution in [0.5, 0.6) is 5.75 Å². The van der Waals surface area contributed by atoms with Gasteiger partial charge in [0, 0.05) is 17.0 Å². The number of aromatic amines is 1. The average molecular weight is 389 g/mol. The Morgan fingerprint density at radius 3 is 2.81 bits per heavy atom. The van der Waals surface area contributed by atoms with E-state index < -0.39 is 5.82 Å². The van der Waals surface area contributed by atoms with Crippen molar-refractivity contribution in [1.29, 1.82) is 0 Å². The largest absolute Gasteiger partial charge is 0.496 e. The minimum atomic E-state index is -0.437. The number of rotatable bonds is 4. The number of ether oxygens (including phenoxy) is 2. The Labute approximate surface area is 160 Å². The number of aromatic nitrogens is 1. The highest BCUT2D eigenvalue weighted by atomic mass is 35.5. The lowest BCUT2D eigenvalue weighted by atomic mass is 10.0. The van der Waals surface area contributed by atoms with Gasteiger partial charge in [-0.25, -0.2) is 4.39 Å². The summed E-state index contributed by atoms with van der Waals surface area (Å²) in [6.07, 6.45) is 0.443.